The molecular weight excluding hydrogens is 384 g/mol. The summed E-state index contributed by atoms with van der Waals surface area (Å²) in [6, 6.07) is 12.6. The fourth-order valence-electron chi connectivity index (χ4n) is 2.45. The van der Waals surface area contributed by atoms with Gasteiger partial charge in [-0.1, -0.05) is 11.6 Å². The SMILES string of the molecule is COc1ccc(NC(=O)C(C)Sc2ccc(NC(=O)C3CC3)cc2)cc1Cl. The lowest BCUT2D eigenvalue weighted by atomic mass is 10.3. The first-order valence-corrected chi connectivity index (χ1v) is 9.94. The zero-order valence-corrected chi connectivity index (χ0v) is 16.7. The van der Waals surface area contributed by atoms with Crippen LogP contribution in [0.3, 0.4) is 0 Å². The highest BCUT2D eigenvalue weighted by Crippen LogP contribution is 2.31. The second-order valence-electron chi connectivity index (χ2n) is 6.39. The number of ether oxygens (including phenoxy) is 1. The number of anilines is 2. The number of carbonyl (C=O) groups excluding carboxylic acids is 2. The summed E-state index contributed by atoms with van der Waals surface area (Å²) >= 11 is 7.53. The number of halogens is 1. The van der Waals surface area contributed by atoms with E-state index in [2.05, 4.69) is 10.6 Å². The Morgan fingerprint density at radius 2 is 1.78 bits per heavy atom. The molecule has 1 aliphatic rings. The molecule has 2 aromatic carbocycles. The van der Waals surface area contributed by atoms with Crippen LogP contribution in [0.2, 0.25) is 5.02 Å². The van der Waals surface area contributed by atoms with Gasteiger partial charge in [0.15, 0.2) is 0 Å². The van der Waals surface area contributed by atoms with Gasteiger partial charge in [0.25, 0.3) is 0 Å². The normalized spacial score (nSPS) is 14.3. The second-order valence-corrected chi connectivity index (χ2v) is 8.21. The van der Waals surface area contributed by atoms with E-state index in [1.807, 2.05) is 31.2 Å². The van der Waals surface area contributed by atoms with Gasteiger partial charge in [0.05, 0.1) is 17.4 Å². The molecule has 0 heterocycles. The quantitative estimate of drug-likeness (QED) is 0.649. The van der Waals surface area contributed by atoms with Crippen LogP contribution in [0.4, 0.5) is 11.4 Å². The fourth-order valence-corrected chi connectivity index (χ4v) is 3.58. The van der Waals surface area contributed by atoms with Crippen LogP contribution in [0, 0.1) is 5.92 Å². The number of hydrogen-bond acceptors (Lipinski definition) is 4. The Kier molecular flexibility index (Phi) is 6.29. The molecule has 7 heteroatoms. The van der Waals surface area contributed by atoms with Crippen molar-refractivity contribution in [3.8, 4) is 5.75 Å². The molecule has 1 fully saturated rings. The van der Waals surface area contributed by atoms with Crippen LogP contribution in [-0.4, -0.2) is 24.2 Å². The lowest BCUT2D eigenvalue weighted by molar-refractivity contribution is -0.117. The topological polar surface area (TPSA) is 67.4 Å². The second kappa shape index (κ2) is 8.67. The van der Waals surface area contributed by atoms with Gasteiger partial charge in [0, 0.05) is 22.2 Å². The Balaban J connectivity index is 1.54. The molecule has 2 aromatic rings. The molecule has 142 valence electrons. The van der Waals surface area contributed by atoms with Gasteiger partial charge in [-0.15, -0.1) is 11.8 Å². The molecule has 3 rings (SSSR count). The van der Waals surface area contributed by atoms with Crippen molar-refractivity contribution < 1.29 is 14.3 Å². The van der Waals surface area contributed by atoms with E-state index in [-0.39, 0.29) is 23.0 Å². The van der Waals surface area contributed by atoms with Crippen molar-refractivity contribution >= 4 is 46.6 Å². The summed E-state index contributed by atoms with van der Waals surface area (Å²) in [5.41, 5.74) is 1.40. The maximum Gasteiger partial charge on any atom is 0.237 e. The predicted molar refractivity (Wildman–Crippen MR) is 110 cm³/mol. The van der Waals surface area contributed by atoms with Crippen LogP contribution >= 0.6 is 23.4 Å². The number of benzene rings is 2. The van der Waals surface area contributed by atoms with Gasteiger partial charge in [-0.25, -0.2) is 0 Å². The number of thioether (sulfide) groups is 1. The lowest BCUT2D eigenvalue weighted by Crippen LogP contribution is -2.22. The Bertz CT molecular complexity index is 838. The summed E-state index contributed by atoms with van der Waals surface area (Å²) in [6.45, 7) is 1.84. The van der Waals surface area contributed by atoms with E-state index in [1.54, 1.807) is 25.3 Å². The summed E-state index contributed by atoms with van der Waals surface area (Å²) in [6.07, 6.45) is 1.96. The molecule has 2 amide bonds. The molecule has 0 radical (unpaired) electrons. The average Bonchev–Trinajstić information content (AvgIpc) is 3.48. The Morgan fingerprint density at radius 3 is 2.37 bits per heavy atom. The maximum absolute atomic E-state index is 12.4. The van der Waals surface area contributed by atoms with Gasteiger partial charge >= 0.3 is 0 Å². The fraction of sp³-hybridized carbons (Fsp3) is 0.300. The summed E-state index contributed by atoms with van der Waals surface area (Å²) in [4.78, 5) is 25.1. The van der Waals surface area contributed by atoms with Crippen molar-refractivity contribution in [3.63, 3.8) is 0 Å². The molecule has 5 nitrogen and oxygen atoms in total. The highest BCUT2D eigenvalue weighted by molar-refractivity contribution is 8.00. The van der Waals surface area contributed by atoms with Crippen molar-refractivity contribution in [2.24, 2.45) is 5.92 Å². The number of hydrogen-bond donors (Lipinski definition) is 2. The molecule has 0 bridgehead atoms. The van der Waals surface area contributed by atoms with E-state index in [1.165, 1.54) is 11.8 Å². The van der Waals surface area contributed by atoms with Crippen LogP contribution in [0.15, 0.2) is 47.4 Å². The number of rotatable bonds is 7. The maximum atomic E-state index is 12.4. The highest BCUT2D eigenvalue weighted by Gasteiger charge is 2.29. The van der Waals surface area contributed by atoms with E-state index in [0.29, 0.717) is 16.5 Å². The third kappa shape index (κ3) is 5.40. The first-order valence-electron chi connectivity index (χ1n) is 8.68. The molecule has 1 aliphatic carbocycles. The highest BCUT2D eigenvalue weighted by atomic mass is 35.5. The molecule has 2 N–H and O–H groups in total. The predicted octanol–water partition coefficient (Wildman–Crippen LogP) is 4.82. The van der Waals surface area contributed by atoms with E-state index in [9.17, 15) is 9.59 Å². The third-order valence-corrected chi connectivity index (χ3v) is 5.58. The van der Waals surface area contributed by atoms with Gasteiger partial charge in [-0.3, -0.25) is 9.59 Å². The smallest absolute Gasteiger partial charge is 0.237 e. The molecule has 0 aliphatic heterocycles. The first kappa shape index (κ1) is 19.6. The van der Waals surface area contributed by atoms with Gasteiger partial charge < -0.3 is 15.4 Å². The van der Waals surface area contributed by atoms with Gasteiger partial charge in [-0.2, -0.15) is 0 Å². The zero-order valence-electron chi connectivity index (χ0n) is 15.1. The Labute approximate surface area is 167 Å². The summed E-state index contributed by atoms with van der Waals surface area (Å²) in [5, 5.41) is 5.91. The largest absolute Gasteiger partial charge is 0.495 e. The number of amides is 2. The minimum Gasteiger partial charge on any atom is -0.495 e. The summed E-state index contributed by atoms with van der Waals surface area (Å²) < 4.78 is 5.11. The molecule has 0 aromatic heterocycles. The number of methoxy groups -OCH3 is 1. The van der Waals surface area contributed by atoms with Crippen LogP contribution < -0.4 is 15.4 Å². The molecule has 1 unspecified atom stereocenters. The van der Waals surface area contributed by atoms with Crippen molar-refractivity contribution in [1.29, 1.82) is 0 Å². The van der Waals surface area contributed by atoms with Crippen molar-refractivity contribution in [1.82, 2.24) is 0 Å². The molecule has 0 spiro atoms. The summed E-state index contributed by atoms with van der Waals surface area (Å²) in [5.74, 6) is 0.703. The molecule has 1 saturated carbocycles. The van der Waals surface area contributed by atoms with Crippen molar-refractivity contribution in [2.45, 2.75) is 29.9 Å². The molecule has 1 atom stereocenters. The van der Waals surface area contributed by atoms with Crippen LogP contribution in [0.5, 0.6) is 5.75 Å². The Hall–Kier alpha value is -2.18. The third-order valence-electron chi connectivity index (χ3n) is 4.17. The average molecular weight is 405 g/mol. The zero-order chi connectivity index (χ0) is 19.4. The van der Waals surface area contributed by atoms with Gasteiger partial charge in [0.1, 0.15) is 5.75 Å². The number of nitrogens with one attached hydrogen (secondary N) is 2. The van der Waals surface area contributed by atoms with Gasteiger partial charge in [0.2, 0.25) is 11.8 Å². The van der Waals surface area contributed by atoms with E-state index in [0.717, 1.165) is 23.4 Å². The van der Waals surface area contributed by atoms with E-state index in [4.69, 9.17) is 16.3 Å². The van der Waals surface area contributed by atoms with E-state index >= 15 is 0 Å². The van der Waals surface area contributed by atoms with Crippen LogP contribution in [-0.2, 0) is 9.59 Å². The van der Waals surface area contributed by atoms with Crippen LogP contribution in [0.1, 0.15) is 19.8 Å². The lowest BCUT2D eigenvalue weighted by Gasteiger charge is -2.13. The minimum atomic E-state index is -0.294. The van der Waals surface area contributed by atoms with Crippen molar-refractivity contribution in [2.75, 3.05) is 17.7 Å². The Morgan fingerprint density at radius 1 is 1.11 bits per heavy atom. The van der Waals surface area contributed by atoms with Gasteiger partial charge in [-0.05, 0) is 62.2 Å². The standard InChI is InChI=1S/C20H21ClN2O3S/c1-12(19(24)23-15-7-10-18(26-2)17(21)11-15)27-16-8-5-14(6-9-16)22-20(25)13-3-4-13/h5-13H,3-4H2,1-2H3,(H,22,25)(H,23,24). The van der Waals surface area contributed by atoms with Crippen LogP contribution in [0.25, 0.3) is 0 Å². The van der Waals surface area contributed by atoms with Crippen molar-refractivity contribution in [3.05, 3.63) is 47.5 Å². The monoisotopic (exact) mass is 404 g/mol. The first-order chi connectivity index (χ1) is 13.0. The number of carbonyl (C=O) groups is 2. The molecular formula is C20H21ClN2O3S. The van der Waals surface area contributed by atoms with E-state index < -0.39 is 0 Å². The minimum absolute atomic E-state index is 0.0845. The molecule has 27 heavy (non-hydrogen) atoms. The summed E-state index contributed by atoms with van der Waals surface area (Å²) in [7, 11) is 1.54. The molecule has 0 saturated heterocycles.